The predicted octanol–water partition coefficient (Wildman–Crippen LogP) is 14.6. The summed E-state index contributed by atoms with van der Waals surface area (Å²) in [6.07, 6.45) is 0. The van der Waals surface area contributed by atoms with Gasteiger partial charge in [-0.3, -0.25) is 0 Å². The number of fused-ring (bicyclic) bond motifs is 9. The second kappa shape index (κ2) is 11.7. The SMILES string of the molecule is c1ccc(-c2cccc3cccc(-c4ccc(N(c5ccc6oc7ccccc7c6c5)c5cccc6oc7c8ccccc8ccc7c56)cc4)c23)cc1. The van der Waals surface area contributed by atoms with Crippen LogP contribution >= 0.6 is 0 Å². The number of para-hydroxylation sites is 1. The first-order valence-corrected chi connectivity index (χ1v) is 18.0. The van der Waals surface area contributed by atoms with Crippen molar-refractivity contribution >= 4 is 82.5 Å². The normalized spacial score (nSPS) is 11.8. The van der Waals surface area contributed by atoms with E-state index in [1.165, 1.54) is 27.5 Å². The zero-order chi connectivity index (χ0) is 34.9. The van der Waals surface area contributed by atoms with Crippen LogP contribution in [0.3, 0.4) is 0 Å². The molecule has 0 radical (unpaired) electrons. The van der Waals surface area contributed by atoms with Crippen LogP contribution in [0.1, 0.15) is 0 Å². The van der Waals surface area contributed by atoms with Crippen LogP contribution in [0.25, 0.3) is 87.7 Å². The third-order valence-corrected chi connectivity index (χ3v) is 10.7. The average Bonchev–Trinajstić information content (AvgIpc) is 3.80. The summed E-state index contributed by atoms with van der Waals surface area (Å²) in [4.78, 5) is 2.36. The minimum absolute atomic E-state index is 0.856. The second-order valence-electron chi connectivity index (χ2n) is 13.7. The molecule has 0 spiro atoms. The van der Waals surface area contributed by atoms with Gasteiger partial charge in [-0.25, -0.2) is 0 Å². The van der Waals surface area contributed by atoms with Crippen LogP contribution in [0.5, 0.6) is 0 Å². The van der Waals surface area contributed by atoms with Crippen molar-refractivity contribution < 1.29 is 8.83 Å². The number of hydrogen-bond donors (Lipinski definition) is 0. The Morgan fingerprint density at radius 3 is 1.81 bits per heavy atom. The van der Waals surface area contributed by atoms with Crippen molar-refractivity contribution in [2.24, 2.45) is 0 Å². The summed E-state index contributed by atoms with van der Waals surface area (Å²) in [7, 11) is 0. The molecule has 3 nitrogen and oxygen atoms in total. The summed E-state index contributed by atoms with van der Waals surface area (Å²) in [5.41, 5.74) is 11.5. The molecular formula is C50H31NO2. The van der Waals surface area contributed by atoms with E-state index < -0.39 is 0 Å². The van der Waals surface area contributed by atoms with Gasteiger partial charge in [0.25, 0.3) is 0 Å². The van der Waals surface area contributed by atoms with E-state index in [2.05, 4.69) is 181 Å². The van der Waals surface area contributed by atoms with E-state index >= 15 is 0 Å². The molecule has 11 rings (SSSR count). The molecule has 2 aromatic heterocycles. The van der Waals surface area contributed by atoms with E-state index in [-0.39, 0.29) is 0 Å². The largest absolute Gasteiger partial charge is 0.456 e. The molecule has 53 heavy (non-hydrogen) atoms. The molecule has 9 aromatic carbocycles. The highest BCUT2D eigenvalue weighted by Crippen LogP contribution is 2.46. The van der Waals surface area contributed by atoms with Crippen molar-refractivity contribution in [2.75, 3.05) is 4.90 Å². The highest BCUT2D eigenvalue weighted by molar-refractivity contribution is 6.20. The Balaban J connectivity index is 1.13. The monoisotopic (exact) mass is 677 g/mol. The number of hydrogen-bond acceptors (Lipinski definition) is 3. The molecule has 0 saturated heterocycles. The van der Waals surface area contributed by atoms with Crippen LogP contribution in [-0.4, -0.2) is 0 Å². The fraction of sp³-hybridized carbons (Fsp3) is 0. The van der Waals surface area contributed by atoms with Gasteiger partial charge in [-0.05, 0) is 93.0 Å². The van der Waals surface area contributed by atoms with Crippen molar-refractivity contribution in [3.8, 4) is 22.3 Å². The van der Waals surface area contributed by atoms with Gasteiger partial charge in [0, 0.05) is 32.9 Å². The summed E-state index contributed by atoms with van der Waals surface area (Å²) in [6.45, 7) is 0. The second-order valence-corrected chi connectivity index (χ2v) is 13.7. The Morgan fingerprint density at radius 1 is 0.340 bits per heavy atom. The van der Waals surface area contributed by atoms with E-state index in [0.717, 1.165) is 77.3 Å². The summed E-state index contributed by atoms with van der Waals surface area (Å²) in [5, 5.41) is 9.10. The van der Waals surface area contributed by atoms with Gasteiger partial charge in [0.05, 0.1) is 11.1 Å². The summed E-state index contributed by atoms with van der Waals surface area (Å²) < 4.78 is 12.9. The number of furan rings is 2. The van der Waals surface area contributed by atoms with Gasteiger partial charge in [-0.15, -0.1) is 0 Å². The van der Waals surface area contributed by atoms with Gasteiger partial charge in [0.1, 0.15) is 22.3 Å². The maximum atomic E-state index is 6.67. The van der Waals surface area contributed by atoms with Crippen LogP contribution in [0.4, 0.5) is 17.1 Å². The third-order valence-electron chi connectivity index (χ3n) is 10.7. The third kappa shape index (κ3) is 4.68. The number of benzene rings is 9. The predicted molar refractivity (Wildman–Crippen MR) is 222 cm³/mol. The van der Waals surface area contributed by atoms with Gasteiger partial charge in [0.15, 0.2) is 0 Å². The lowest BCUT2D eigenvalue weighted by Crippen LogP contribution is -2.10. The topological polar surface area (TPSA) is 29.5 Å². The zero-order valence-corrected chi connectivity index (χ0v) is 28.7. The van der Waals surface area contributed by atoms with Crippen molar-refractivity contribution in [1.82, 2.24) is 0 Å². The molecule has 0 bridgehead atoms. The first-order valence-electron chi connectivity index (χ1n) is 18.0. The van der Waals surface area contributed by atoms with Crippen LogP contribution in [-0.2, 0) is 0 Å². The van der Waals surface area contributed by atoms with Crippen molar-refractivity contribution in [2.45, 2.75) is 0 Å². The molecule has 0 aliphatic rings. The molecule has 0 fully saturated rings. The molecule has 11 aromatic rings. The van der Waals surface area contributed by atoms with Gasteiger partial charge in [0.2, 0.25) is 0 Å². The van der Waals surface area contributed by atoms with Crippen molar-refractivity contribution in [1.29, 1.82) is 0 Å². The van der Waals surface area contributed by atoms with Crippen LogP contribution in [0.15, 0.2) is 197 Å². The van der Waals surface area contributed by atoms with Gasteiger partial charge < -0.3 is 13.7 Å². The summed E-state index contributed by atoms with van der Waals surface area (Å²) in [5.74, 6) is 0. The molecular weight excluding hydrogens is 647 g/mol. The van der Waals surface area contributed by atoms with E-state index in [0.29, 0.717) is 0 Å². The minimum atomic E-state index is 0.856. The lowest BCUT2D eigenvalue weighted by Gasteiger charge is -2.26. The Labute approximate surface area is 305 Å². The number of nitrogens with zero attached hydrogens (tertiary/aromatic N) is 1. The Morgan fingerprint density at radius 2 is 0.981 bits per heavy atom. The van der Waals surface area contributed by atoms with E-state index in [1.807, 2.05) is 12.1 Å². The molecule has 2 heterocycles. The lowest BCUT2D eigenvalue weighted by molar-refractivity contribution is 0.669. The Kier molecular flexibility index (Phi) is 6.55. The van der Waals surface area contributed by atoms with Crippen molar-refractivity contribution in [3.63, 3.8) is 0 Å². The summed E-state index contributed by atoms with van der Waals surface area (Å²) in [6, 6.07) is 66.8. The Hall–Kier alpha value is -7.10. The van der Waals surface area contributed by atoms with E-state index in [9.17, 15) is 0 Å². The van der Waals surface area contributed by atoms with Crippen LogP contribution in [0, 0.1) is 0 Å². The molecule has 0 N–H and O–H groups in total. The smallest absolute Gasteiger partial charge is 0.143 e. The maximum Gasteiger partial charge on any atom is 0.143 e. The zero-order valence-electron chi connectivity index (χ0n) is 28.7. The molecule has 0 unspecified atom stereocenters. The number of rotatable bonds is 5. The lowest BCUT2D eigenvalue weighted by atomic mass is 9.91. The van der Waals surface area contributed by atoms with E-state index in [1.54, 1.807) is 0 Å². The number of anilines is 3. The molecule has 3 heteroatoms. The average molecular weight is 678 g/mol. The van der Waals surface area contributed by atoms with Crippen LogP contribution in [0.2, 0.25) is 0 Å². The van der Waals surface area contributed by atoms with Gasteiger partial charge in [-0.2, -0.15) is 0 Å². The highest BCUT2D eigenvalue weighted by atomic mass is 16.3. The quantitative estimate of drug-likeness (QED) is 0.182. The fourth-order valence-corrected chi connectivity index (χ4v) is 8.23. The highest BCUT2D eigenvalue weighted by Gasteiger charge is 2.22. The minimum Gasteiger partial charge on any atom is -0.456 e. The first-order chi connectivity index (χ1) is 26.3. The molecule has 0 aliphatic carbocycles. The van der Waals surface area contributed by atoms with Gasteiger partial charge >= 0.3 is 0 Å². The fourth-order valence-electron chi connectivity index (χ4n) is 8.23. The maximum absolute atomic E-state index is 6.67. The first kappa shape index (κ1) is 29.6. The molecule has 248 valence electrons. The molecule has 0 atom stereocenters. The Bertz CT molecular complexity index is 3160. The standard InChI is InChI=1S/C50H31NO2/c1-2-11-32(12-3-1)38-18-8-14-35-15-9-19-39(48(35)38)34-23-26-36(27-24-34)51(37-28-30-46-43(31-37)41-17-6-7-21-45(41)52-46)44-20-10-22-47-49(44)42-29-25-33-13-4-5-16-40(33)50(42)53-47/h1-31H. The summed E-state index contributed by atoms with van der Waals surface area (Å²) >= 11 is 0. The van der Waals surface area contributed by atoms with E-state index in [4.69, 9.17) is 8.83 Å². The van der Waals surface area contributed by atoms with Gasteiger partial charge in [-0.1, -0.05) is 133 Å². The molecule has 0 amide bonds. The molecule has 0 aliphatic heterocycles. The molecule has 0 saturated carbocycles. The van der Waals surface area contributed by atoms with Crippen molar-refractivity contribution in [3.05, 3.63) is 188 Å². The van der Waals surface area contributed by atoms with Crippen LogP contribution < -0.4 is 4.90 Å².